The van der Waals surface area contributed by atoms with E-state index < -0.39 is 11.8 Å². The van der Waals surface area contributed by atoms with Crippen LogP contribution in [0, 0.1) is 0 Å². The molecule has 1 aliphatic heterocycles. The van der Waals surface area contributed by atoms with E-state index in [1.807, 2.05) is 24.3 Å². The normalized spacial score (nSPS) is 12.6. The third-order valence-electron chi connectivity index (χ3n) is 3.71. The van der Waals surface area contributed by atoms with E-state index in [4.69, 9.17) is 11.5 Å². The van der Waals surface area contributed by atoms with Crippen LogP contribution < -0.4 is 16.8 Å². The zero-order valence-electron chi connectivity index (χ0n) is 11.3. The maximum absolute atomic E-state index is 11.3. The van der Waals surface area contributed by atoms with Crippen LogP contribution >= 0.6 is 0 Å². The largest absolute Gasteiger partial charge is 0.366 e. The molecule has 0 saturated heterocycles. The number of nitrogens with two attached hydrogens (primary N) is 2. The molecule has 0 aliphatic carbocycles. The highest BCUT2D eigenvalue weighted by Crippen LogP contribution is 2.31. The van der Waals surface area contributed by atoms with Crippen molar-refractivity contribution < 1.29 is 9.59 Å². The number of aryl methyl sites for hydroxylation is 2. The van der Waals surface area contributed by atoms with Crippen molar-refractivity contribution in [3.8, 4) is 0 Å². The highest BCUT2D eigenvalue weighted by molar-refractivity contribution is 5.94. The monoisotopic (exact) mass is 281 g/mol. The number of amides is 2. The second kappa shape index (κ2) is 4.94. The molecule has 5 N–H and O–H groups in total. The van der Waals surface area contributed by atoms with E-state index in [0.29, 0.717) is 11.1 Å². The Morgan fingerprint density at radius 2 is 1.24 bits per heavy atom. The van der Waals surface area contributed by atoms with Gasteiger partial charge in [-0.2, -0.15) is 0 Å². The first-order valence-electron chi connectivity index (χ1n) is 6.67. The van der Waals surface area contributed by atoms with E-state index in [1.54, 1.807) is 12.1 Å². The van der Waals surface area contributed by atoms with Crippen LogP contribution in [0.2, 0.25) is 0 Å². The molecule has 0 atom stereocenters. The maximum atomic E-state index is 11.3. The molecule has 0 aromatic heterocycles. The molecule has 0 bridgehead atoms. The standard InChI is InChI=1S/C16H15N3O2/c17-15(20)11-3-5-13-9(7-11)1-2-10-8-12(16(18)21)4-6-14(10)19-13/h3-8,19H,1-2H2,(H2,17,20)(H2,18,21). The predicted octanol–water partition coefficient (Wildman–Crippen LogP) is 1.73. The second-order valence-corrected chi connectivity index (χ2v) is 5.10. The lowest BCUT2D eigenvalue weighted by Gasteiger charge is -2.11. The summed E-state index contributed by atoms with van der Waals surface area (Å²) in [5.74, 6) is -0.869. The van der Waals surface area contributed by atoms with Crippen molar-refractivity contribution in [2.24, 2.45) is 11.5 Å². The highest BCUT2D eigenvalue weighted by Gasteiger charge is 2.15. The van der Waals surface area contributed by atoms with Gasteiger partial charge in [-0.1, -0.05) is 0 Å². The van der Waals surface area contributed by atoms with Crippen molar-refractivity contribution in [1.82, 2.24) is 0 Å². The van der Waals surface area contributed by atoms with Gasteiger partial charge in [-0.05, 0) is 60.4 Å². The van der Waals surface area contributed by atoms with Gasteiger partial charge in [0.1, 0.15) is 0 Å². The van der Waals surface area contributed by atoms with Crippen LogP contribution in [0.3, 0.4) is 0 Å². The Morgan fingerprint density at radius 1 is 0.810 bits per heavy atom. The van der Waals surface area contributed by atoms with Crippen LogP contribution in [-0.2, 0) is 12.8 Å². The van der Waals surface area contributed by atoms with Crippen molar-refractivity contribution in [3.63, 3.8) is 0 Å². The molecule has 5 nitrogen and oxygen atoms in total. The first-order chi connectivity index (χ1) is 10.0. The van der Waals surface area contributed by atoms with Crippen molar-refractivity contribution in [2.75, 3.05) is 5.32 Å². The number of carbonyl (C=O) groups excluding carboxylic acids is 2. The fourth-order valence-corrected chi connectivity index (χ4v) is 2.57. The number of primary amides is 2. The SMILES string of the molecule is NC(=O)c1ccc2c(c1)CCc1cc(C(N)=O)ccc1N2. The summed E-state index contributed by atoms with van der Waals surface area (Å²) in [7, 11) is 0. The second-order valence-electron chi connectivity index (χ2n) is 5.10. The zero-order valence-corrected chi connectivity index (χ0v) is 11.3. The van der Waals surface area contributed by atoms with Crippen molar-refractivity contribution >= 4 is 23.2 Å². The number of hydrogen-bond acceptors (Lipinski definition) is 3. The summed E-state index contributed by atoms with van der Waals surface area (Å²) in [4.78, 5) is 22.5. The number of benzene rings is 2. The van der Waals surface area contributed by atoms with E-state index in [2.05, 4.69) is 5.32 Å². The van der Waals surface area contributed by atoms with Gasteiger partial charge in [-0.3, -0.25) is 9.59 Å². The summed E-state index contributed by atoms with van der Waals surface area (Å²) in [6.45, 7) is 0. The molecule has 0 spiro atoms. The molecule has 0 fully saturated rings. The summed E-state index contributed by atoms with van der Waals surface area (Å²) >= 11 is 0. The van der Waals surface area contributed by atoms with Crippen LogP contribution in [0.15, 0.2) is 36.4 Å². The molecule has 1 aliphatic rings. The number of fused-ring (bicyclic) bond motifs is 2. The van der Waals surface area contributed by atoms with Crippen LogP contribution in [0.25, 0.3) is 0 Å². The molecule has 21 heavy (non-hydrogen) atoms. The third-order valence-corrected chi connectivity index (χ3v) is 3.71. The van der Waals surface area contributed by atoms with Crippen LogP contribution in [0.1, 0.15) is 31.8 Å². The molecule has 2 aromatic rings. The van der Waals surface area contributed by atoms with Gasteiger partial charge in [-0.15, -0.1) is 0 Å². The number of rotatable bonds is 2. The van der Waals surface area contributed by atoms with Crippen LogP contribution in [-0.4, -0.2) is 11.8 Å². The van der Waals surface area contributed by atoms with Gasteiger partial charge >= 0.3 is 0 Å². The first-order valence-corrected chi connectivity index (χ1v) is 6.67. The maximum Gasteiger partial charge on any atom is 0.248 e. The molecule has 2 aromatic carbocycles. The molecule has 0 radical (unpaired) electrons. The van der Waals surface area contributed by atoms with E-state index in [-0.39, 0.29) is 0 Å². The molecule has 0 saturated carbocycles. The van der Waals surface area contributed by atoms with Gasteiger partial charge in [0.15, 0.2) is 0 Å². The Labute approximate surface area is 121 Å². The quantitative estimate of drug-likeness (QED) is 0.781. The Kier molecular flexibility index (Phi) is 3.10. The van der Waals surface area contributed by atoms with Crippen molar-refractivity contribution in [1.29, 1.82) is 0 Å². The summed E-state index contributed by atoms with van der Waals surface area (Å²) in [6.07, 6.45) is 1.53. The molecule has 1 heterocycles. The lowest BCUT2D eigenvalue weighted by atomic mass is 10.0. The number of nitrogens with one attached hydrogen (secondary N) is 1. The van der Waals surface area contributed by atoms with Gasteiger partial charge < -0.3 is 16.8 Å². The minimum atomic E-state index is -0.435. The molecule has 0 unspecified atom stereocenters. The lowest BCUT2D eigenvalue weighted by molar-refractivity contribution is 0.0991. The number of hydrogen-bond donors (Lipinski definition) is 3. The summed E-state index contributed by atoms with van der Waals surface area (Å²) < 4.78 is 0. The molecular weight excluding hydrogens is 266 g/mol. The molecular formula is C16H15N3O2. The van der Waals surface area contributed by atoms with E-state index in [1.165, 1.54) is 0 Å². The summed E-state index contributed by atoms with van der Waals surface area (Å²) in [6, 6.07) is 10.7. The fraction of sp³-hybridized carbons (Fsp3) is 0.125. The van der Waals surface area contributed by atoms with E-state index >= 15 is 0 Å². The molecule has 106 valence electrons. The molecule has 5 heteroatoms. The summed E-state index contributed by atoms with van der Waals surface area (Å²) in [5, 5.41) is 3.33. The minimum absolute atomic E-state index is 0.435. The van der Waals surface area contributed by atoms with Gasteiger partial charge in [-0.25, -0.2) is 0 Å². The van der Waals surface area contributed by atoms with Crippen molar-refractivity contribution in [3.05, 3.63) is 58.7 Å². The summed E-state index contributed by atoms with van der Waals surface area (Å²) in [5.41, 5.74) is 15.6. The smallest absolute Gasteiger partial charge is 0.248 e. The Morgan fingerprint density at radius 3 is 1.62 bits per heavy atom. The van der Waals surface area contributed by atoms with Crippen LogP contribution in [0.4, 0.5) is 11.4 Å². The minimum Gasteiger partial charge on any atom is -0.366 e. The Balaban J connectivity index is 2.00. The topological polar surface area (TPSA) is 98.2 Å². The fourth-order valence-electron chi connectivity index (χ4n) is 2.57. The highest BCUT2D eigenvalue weighted by atomic mass is 16.1. The molecule has 2 amide bonds. The Bertz CT molecular complexity index is 690. The van der Waals surface area contributed by atoms with Gasteiger partial charge in [0.05, 0.1) is 0 Å². The van der Waals surface area contributed by atoms with Crippen molar-refractivity contribution in [2.45, 2.75) is 12.8 Å². The Hall–Kier alpha value is -2.82. The molecule has 3 rings (SSSR count). The van der Waals surface area contributed by atoms with E-state index in [0.717, 1.165) is 35.3 Å². The first kappa shape index (κ1) is 13.2. The van der Waals surface area contributed by atoms with Gasteiger partial charge in [0.2, 0.25) is 11.8 Å². The lowest BCUT2D eigenvalue weighted by Crippen LogP contribution is -2.11. The average Bonchev–Trinajstić information content (AvgIpc) is 2.64. The van der Waals surface area contributed by atoms with Gasteiger partial charge in [0.25, 0.3) is 0 Å². The van der Waals surface area contributed by atoms with Gasteiger partial charge in [0, 0.05) is 22.5 Å². The third kappa shape index (κ3) is 2.45. The number of carbonyl (C=O) groups is 2. The van der Waals surface area contributed by atoms with Crippen LogP contribution in [0.5, 0.6) is 0 Å². The zero-order chi connectivity index (χ0) is 15.0. The predicted molar refractivity (Wildman–Crippen MR) is 80.6 cm³/mol. The van der Waals surface area contributed by atoms with E-state index in [9.17, 15) is 9.59 Å². The average molecular weight is 281 g/mol. The number of anilines is 2.